The summed E-state index contributed by atoms with van der Waals surface area (Å²) in [5.41, 5.74) is 2.49. The molecule has 0 amide bonds. The third kappa shape index (κ3) is 2.93. The van der Waals surface area contributed by atoms with Crippen LogP contribution in [-0.4, -0.2) is 21.1 Å². The molecule has 3 nitrogen and oxygen atoms in total. The normalized spacial score (nSPS) is 12.4. The highest BCUT2D eigenvalue weighted by Gasteiger charge is 2.11. The van der Waals surface area contributed by atoms with E-state index in [1.165, 1.54) is 11.3 Å². The number of hydrogen-bond donors (Lipinski definition) is 1. The van der Waals surface area contributed by atoms with Crippen molar-refractivity contribution in [2.45, 2.75) is 12.5 Å². The van der Waals surface area contributed by atoms with Crippen molar-refractivity contribution < 1.29 is 4.42 Å². The zero-order valence-corrected chi connectivity index (χ0v) is 11.2. The van der Waals surface area contributed by atoms with Gasteiger partial charge in [0.15, 0.2) is 0 Å². The van der Waals surface area contributed by atoms with Crippen molar-refractivity contribution in [1.29, 1.82) is 0 Å². The molecule has 0 saturated heterocycles. The Morgan fingerprint density at radius 2 is 1.89 bits per heavy atom. The van der Waals surface area contributed by atoms with Crippen LogP contribution in [0.4, 0.5) is 5.69 Å². The summed E-state index contributed by atoms with van der Waals surface area (Å²) in [6.07, 6.45) is 2.59. The maximum absolute atomic E-state index is 5.40. The van der Waals surface area contributed by atoms with Crippen LogP contribution in [0.15, 0.2) is 47.1 Å². The van der Waals surface area contributed by atoms with Gasteiger partial charge in [0.2, 0.25) is 0 Å². The molecule has 1 aromatic carbocycles. The minimum absolute atomic E-state index is 0.285. The van der Waals surface area contributed by atoms with Crippen LogP contribution in [-0.2, 0) is 6.42 Å². The molecule has 0 aliphatic carbocycles. The van der Waals surface area contributed by atoms with E-state index in [1.807, 2.05) is 33.3 Å². The summed E-state index contributed by atoms with van der Waals surface area (Å²) in [4.78, 5) is 2.10. The molecule has 0 spiro atoms. The van der Waals surface area contributed by atoms with E-state index in [9.17, 15) is 0 Å². The number of nitrogens with zero attached hydrogens (tertiary/aromatic N) is 1. The van der Waals surface area contributed by atoms with E-state index in [-0.39, 0.29) is 6.04 Å². The Bertz CT molecular complexity index is 460. The summed E-state index contributed by atoms with van der Waals surface area (Å²) in [7, 11) is 6.08. The van der Waals surface area contributed by atoms with Gasteiger partial charge in [-0.3, -0.25) is 0 Å². The second-order valence-corrected chi connectivity index (χ2v) is 4.61. The predicted molar refractivity (Wildman–Crippen MR) is 75.0 cm³/mol. The molecule has 2 rings (SSSR count). The van der Waals surface area contributed by atoms with Crippen LogP contribution >= 0.6 is 0 Å². The van der Waals surface area contributed by atoms with Crippen molar-refractivity contribution >= 4 is 5.69 Å². The molecule has 1 unspecified atom stereocenters. The summed E-state index contributed by atoms with van der Waals surface area (Å²) in [6, 6.07) is 12.8. The zero-order valence-electron chi connectivity index (χ0n) is 11.2. The zero-order chi connectivity index (χ0) is 13.0. The van der Waals surface area contributed by atoms with Crippen molar-refractivity contribution in [3.8, 4) is 0 Å². The minimum Gasteiger partial charge on any atom is -0.469 e. The van der Waals surface area contributed by atoms with Gasteiger partial charge in [-0.2, -0.15) is 0 Å². The fourth-order valence-corrected chi connectivity index (χ4v) is 2.02. The van der Waals surface area contributed by atoms with E-state index >= 15 is 0 Å². The fourth-order valence-electron chi connectivity index (χ4n) is 2.02. The van der Waals surface area contributed by atoms with Crippen LogP contribution in [0.5, 0.6) is 0 Å². The molecule has 1 aromatic heterocycles. The van der Waals surface area contributed by atoms with Crippen LogP contribution in [0.3, 0.4) is 0 Å². The van der Waals surface area contributed by atoms with Crippen molar-refractivity contribution in [2.24, 2.45) is 0 Å². The van der Waals surface area contributed by atoms with Gasteiger partial charge >= 0.3 is 0 Å². The van der Waals surface area contributed by atoms with Crippen LogP contribution < -0.4 is 10.2 Å². The number of furan rings is 1. The Kier molecular flexibility index (Phi) is 4.05. The lowest BCUT2D eigenvalue weighted by atomic mass is 10.0. The largest absolute Gasteiger partial charge is 0.469 e. The number of likely N-dealkylation sites (N-methyl/N-ethyl adjacent to an activating group) is 1. The van der Waals surface area contributed by atoms with E-state index in [2.05, 4.69) is 34.5 Å². The lowest BCUT2D eigenvalue weighted by Gasteiger charge is -2.17. The van der Waals surface area contributed by atoms with Crippen molar-refractivity contribution in [1.82, 2.24) is 5.32 Å². The van der Waals surface area contributed by atoms with E-state index in [4.69, 9.17) is 4.42 Å². The highest BCUT2D eigenvalue weighted by atomic mass is 16.3. The van der Waals surface area contributed by atoms with E-state index in [0.29, 0.717) is 0 Å². The molecule has 1 heterocycles. The summed E-state index contributed by atoms with van der Waals surface area (Å²) in [6.45, 7) is 0. The highest BCUT2D eigenvalue weighted by molar-refractivity contribution is 5.46. The molecule has 18 heavy (non-hydrogen) atoms. The first-order valence-electron chi connectivity index (χ1n) is 6.17. The maximum Gasteiger partial charge on any atom is 0.105 e. The number of nitrogens with one attached hydrogen (secondary N) is 1. The Hall–Kier alpha value is -1.74. The van der Waals surface area contributed by atoms with E-state index < -0.39 is 0 Å². The smallest absolute Gasteiger partial charge is 0.105 e. The SMILES string of the molecule is CNC(Cc1ccco1)c1ccc(N(C)C)cc1. The van der Waals surface area contributed by atoms with Gasteiger partial charge in [-0.15, -0.1) is 0 Å². The minimum atomic E-state index is 0.285. The number of hydrogen-bond acceptors (Lipinski definition) is 3. The molecule has 1 atom stereocenters. The average Bonchev–Trinajstić information content (AvgIpc) is 2.89. The third-order valence-corrected chi connectivity index (χ3v) is 3.15. The second kappa shape index (κ2) is 5.74. The monoisotopic (exact) mass is 244 g/mol. The van der Waals surface area contributed by atoms with Gasteiger partial charge in [0, 0.05) is 32.2 Å². The van der Waals surface area contributed by atoms with Crippen LogP contribution in [0.1, 0.15) is 17.4 Å². The number of benzene rings is 1. The molecule has 0 radical (unpaired) electrons. The van der Waals surface area contributed by atoms with Gasteiger partial charge in [0.25, 0.3) is 0 Å². The first kappa shape index (κ1) is 12.7. The second-order valence-electron chi connectivity index (χ2n) is 4.61. The molecular weight excluding hydrogens is 224 g/mol. The molecule has 0 saturated carbocycles. The molecule has 2 aromatic rings. The lowest BCUT2D eigenvalue weighted by Crippen LogP contribution is -2.18. The van der Waals surface area contributed by atoms with Gasteiger partial charge < -0.3 is 14.6 Å². The van der Waals surface area contributed by atoms with Crippen LogP contribution in [0, 0.1) is 0 Å². The van der Waals surface area contributed by atoms with Crippen molar-refractivity contribution in [3.05, 3.63) is 54.0 Å². The highest BCUT2D eigenvalue weighted by Crippen LogP contribution is 2.21. The third-order valence-electron chi connectivity index (χ3n) is 3.15. The van der Waals surface area contributed by atoms with E-state index in [0.717, 1.165) is 12.2 Å². The van der Waals surface area contributed by atoms with Crippen molar-refractivity contribution in [2.75, 3.05) is 26.0 Å². The summed E-state index contributed by atoms with van der Waals surface area (Å²) in [5.74, 6) is 1.01. The molecule has 96 valence electrons. The topological polar surface area (TPSA) is 28.4 Å². The molecule has 0 aliphatic heterocycles. The summed E-state index contributed by atoms with van der Waals surface area (Å²) < 4.78 is 5.40. The van der Waals surface area contributed by atoms with E-state index in [1.54, 1.807) is 6.26 Å². The summed E-state index contributed by atoms with van der Waals surface area (Å²) in [5, 5.41) is 3.33. The first-order chi connectivity index (χ1) is 8.70. The average molecular weight is 244 g/mol. The molecule has 3 heteroatoms. The van der Waals surface area contributed by atoms with Gasteiger partial charge in [-0.1, -0.05) is 12.1 Å². The lowest BCUT2D eigenvalue weighted by molar-refractivity contribution is 0.466. The Morgan fingerprint density at radius 1 is 1.17 bits per heavy atom. The molecule has 0 fully saturated rings. The van der Waals surface area contributed by atoms with Gasteiger partial charge in [0.05, 0.1) is 6.26 Å². The molecule has 0 aliphatic rings. The van der Waals surface area contributed by atoms with Gasteiger partial charge in [-0.05, 0) is 36.9 Å². The summed E-state index contributed by atoms with van der Waals surface area (Å²) >= 11 is 0. The Morgan fingerprint density at radius 3 is 2.39 bits per heavy atom. The molecule has 0 bridgehead atoms. The predicted octanol–water partition coefficient (Wildman–Crippen LogP) is 2.85. The van der Waals surface area contributed by atoms with Crippen LogP contribution in [0.25, 0.3) is 0 Å². The first-order valence-corrected chi connectivity index (χ1v) is 6.17. The van der Waals surface area contributed by atoms with Crippen molar-refractivity contribution in [3.63, 3.8) is 0 Å². The maximum atomic E-state index is 5.40. The number of rotatable bonds is 5. The Labute approximate surface area is 108 Å². The fraction of sp³-hybridized carbons (Fsp3) is 0.333. The molecular formula is C15H20N2O. The quantitative estimate of drug-likeness (QED) is 0.876. The Balaban J connectivity index is 2.12. The van der Waals surface area contributed by atoms with Crippen LogP contribution in [0.2, 0.25) is 0 Å². The van der Waals surface area contributed by atoms with Gasteiger partial charge in [0.1, 0.15) is 5.76 Å². The van der Waals surface area contributed by atoms with Gasteiger partial charge in [-0.25, -0.2) is 0 Å². The standard InChI is InChI=1S/C15H20N2O/c1-16-15(11-14-5-4-10-18-14)12-6-8-13(9-7-12)17(2)3/h4-10,15-16H,11H2,1-3H3. The molecule has 1 N–H and O–H groups in total. The number of anilines is 1.